The van der Waals surface area contributed by atoms with Crippen molar-refractivity contribution in [2.75, 3.05) is 0 Å². The summed E-state index contributed by atoms with van der Waals surface area (Å²) in [7, 11) is 0. The fourth-order valence-electron chi connectivity index (χ4n) is 2.76. The molecule has 0 radical (unpaired) electrons. The predicted octanol–water partition coefficient (Wildman–Crippen LogP) is 3.47. The van der Waals surface area contributed by atoms with E-state index < -0.39 is 0 Å². The van der Waals surface area contributed by atoms with Crippen LogP contribution in [0.25, 0.3) is 0 Å². The number of hydrogen-bond donors (Lipinski definition) is 1. The first-order valence-corrected chi connectivity index (χ1v) is 7.72. The van der Waals surface area contributed by atoms with E-state index in [9.17, 15) is 5.11 Å². The molecular weight excluding hydrogens is 300 g/mol. The molecule has 0 spiro atoms. The zero-order valence-corrected chi connectivity index (χ0v) is 12.8. The number of thiophene rings is 1. The standard InChI is InChI=1S/C13H19BrO2S/c1-7-8(2)16-9(3)13(7)12(15)5-11-4-10(14)6-17-11/h4,6-9,12-13,15H,5H2,1-3H3. The van der Waals surface area contributed by atoms with Crippen molar-refractivity contribution >= 4 is 27.3 Å². The molecule has 1 N–H and O–H groups in total. The Kier molecular flexibility index (Phi) is 4.29. The summed E-state index contributed by atoms with van der Waals surface area (Å²) in [4.78, 5) is 1.23. The number of rotatable bonds is 3. The molecule has 0 amide bonds. The van der Waals surface area contributed by atoms with Gasteiger partial charge >= 0.3 is 0 Å². The van der Waals surface area contributed by atoms with Gasteiger partial charge in [0.25, 0.3) is 0 Å². The number of aliphatic hydroxyl groups is 1. The van der Waals surface area contributed by atoms with Crippen molar-refractivity contribution in [3.63, 3.8) is 0 Å². The third-order valence-electron chi connectivity index (χ3n) is 3.80. The third-order valence-corrected chi connectivity index (χ3v) is 5.52. The van der Waals surface area contributed by atoms with E-state index in [4.69, 9.17) is 4.74 Å². The van der Waals surface area contributed by atoms with E-state index >= 15 is 0 Å². The first-order valence-electron chi connectivity index (χ1n) is 6.05. The minimum absolute atomic E-state index is 0.151. The van der Waals surface area contributed by atoms with Crippen LogP contribution < -0.4 is 0 Å². The molecule has 2 rings (SSSR count). The molecule has 1 fully saturated rings. The number of ether oxygens (including phenoxy) is 1. The van der Waals surface area contributed by atoms with Gasteiger partial charge in [-0.3, -0.25) is 0 Å². The molecule has 1 aromatic heterocycles. The summed E-state index contributed by atoms with van der Waals surface area (Å²) in [5.74, 6) is 0.661. The lowest BCUT2D eigenvalue weighted by Gasteiger charge is -2.24. The Morgan fingerprint density at radius 2 is 2.12 bits per heavy atom. The van der Waals surface area contributed by atoms with Crippen molar-refractivity contribution in [2.24, 2.45) is 11.8 Å². The highest BCUT2D eigenvalue weighted by molar-refractivity contribution is 9.10. The third kappa shape index (κ3) is 2.92. The van der Waals surface area contributed by atoms with Crippen molar-refractivity contribution in [3.8, 4) is 0 Å². The first kappa shape index (κ1) is 13.5. The molecule has 2 nitrogen and oxygen atoms in total. The van der Waals surface area contributed by atoms with Crippen LogP contribution in [-0.2, 0) is 11.2 Å². The Labute approximate surface area is 115 Å². The molecule has 0 saturated carbocycles. The molecule has 1 aromatic rings. The van der Waals surface area contributed by atoms with Crippen LogP contribution in [0.2, 0.25) is 0 Å². The SMILES string of the molecule is CC1OC(C)C(C(O)Cc2cc(Br)cs2)C1C. The average molecular weight is 319 g/mol. The second kappa shape index (κ2) is 5.39. The maximum Gasteiger partial charge on any atom is 0.0644 e. The second-order valence-corrected chi connectivity index (χ2v) is 6.90. The quantitative estimate of drug-likeness (QED) is 0.924. The van der Waals surface area contributed by atoms with E-state index in [2.05, 4.69) is 48.1 Å². The van der Waals surface area contributed by atoms with E-state index in [1.54, 1.807) is 11.3 Å². The Balaban J connectivity index is 2.02. The van der Waals surface area contributed by atoms with Gasteiger partial charge in [0.15, 0.2) is 0 Å². The maximum absolute atomic E-state index is 10.4. The number of halogens is 1. The van der Waals surface area contributed by atoms with Gasteiger partial charge in [0.2, 0.25) is 0 Å². The van der Waals surface area contributed by atoms with Crippen molar-refractivity contribution in [1.82, 2.24) is 0 Å². The lowest BCUT2D eigenvalue weighted by Crippen LogP contribution is -2.32. The minimum Gasteiger partial charge on any atom is -0.392 e. The molecular formula is C13H19BrO2S. The Bertz CT molecular complexity index is 379. The van der Waals surface area contributed by atoms with Gasteiger partial charge in [-0.15, -0.1) is 11.3 Å². The monoisotopic (exact) mass is 318 g/mol. The van der Waals surface area contributed by atoms with Crippen LogP contribution in [0, 0.1) is 11.8 Å². The highest BCUT2D eigenvalue weighted by Crippen LogP contribution is 2.36. The fraction of sp³-hybridized carbons (Fsp3) is 0.692. The molecule has 5 atom stereocenters. The largest absolute Gasteiger partial charge is 0.392 e. The lowest BCUT2D eigenvalue weighted by atomic mass is 9.83. The van der Waals surface area contributed by atoms with Gasteiger partial charge in [0.1, 0.15) is 0 Å². The molecule has 96 valence electrons. The van der Waals surface area contributed by atoms with Gasteiger partial charge in [0.05, 0.1) is 18.3 Å². The highest BCUT2D eigenvalue weighted by atomic mass is 79.9. The summed E-state index contributed by atoms with van der Waals surface area (Å²) in [6, 6.07) is 2.09. The van der Waals surface area contributed by atoms with E-state index in [-0.39, 0.29) is 24.2 Å². The average Bonchev–Trinajstić information content (AvgIpc) is 2.73. The van der Waals surface area contributed by atoms with Crippen LogP contribution in [0.15, 0.2) is 15.9 Å². The molecule has 17 heavy (non-hydrogen) atoms. The molecule has 4 heteroatoms. The minimum atomic E-state index is -0.310. The Morgan fingerprint density at radius 1 is 1.41 bits per heavy atom. The smallest absolute Gasteiger partial charge is 0.0644 e. The van der Waals surface area contributed by atoms with Gasteiger partial charge in [0, 0.05) is 27.1 Å². The maximum atomic E-state index is 10.4. The van der Waals surface area contributed by atoms with Crippen molar-refractivity contribution < 1.29 is 9.84 Å². The van der Waals surface area contributed by atoms with Gasteiger partial charge < -0.3 is 9.84 Å². The molecule has 0 aliphatic carbocycles. The van der Waals surface area contributed by atoms with Gasteiger partial charge in [-0.1, -0.05) is 6.92 Å². The second-order valence-electron chi connectivity index (χ2n) is 4.99. The summed E-state index contributed by atoms with van der Waals surface area (Å²) in [5.41, 5.74) is 0. The van der Waals surface area contributed by atoms with Gasteiger partial charge in [-0.2, -0.15) is 0 Å². The van der Waals surface area contributed by atoms with Crippen molar-refractivity contribution in [3.05, 3.63) is 20.8 Å². The summed E-state index contributed by atoms with van der Waals surface area (Å²) >= 11 is 5.14. The van der Waals surface area contributed by atoms with E-state index in [0.29, 0.717) is 5.92 Å². The fourth-order valence-corrected chi connectivity index (χ4v) is 4.26. The number of hydrogen-bond acceptors (Lipinski definition) is 3. The van der Waals surface area contributed by atoms with Crippen LogP contribution in [0.1, 0.15) is 25.6 Å². The molecule has 5 unspecified atom stereocenters. The van der Waals surface area contributed by atoms with Crippen molar-refractivity contribution in [1.29, 1.82) is 0 Å². The van der Waals surface area contributed by atoms with Crippen LogP contribution in [-0.4, -0.2) is 23.4 Å². The molecule has 2 heterocycles. The first-order chi connectivity index (χ1) is 7.99. The molecule has 0 bridgehead atoms. The van der Waals surface area contributed by atoms with Crippen LogP contribution >= 0.6 is 27.3 Å². The predicted molar refractivity (Wildman–Crippen MR) is 74.4 cm³/mol. The lowest BCUT2D eigenvalue weighted by molar-refractivity contribution is 0.0242. The van der Waals surface area contributed by atoms with E-state index in [1.807, 2.05) is 0 Å². The van der Waals surface area contributed by atoms with Crippen LogP contribution in [0.5, 0.6) is 0 Å². The van der Waals surface area contributed by atoms with Crippen LogP contribution in [0.3, 0.4) is 0 Å². The van der Waals surface area contributed by atoms with Gasteiger partial charge in [-0.05, 0) is 41.8 Å². The Morgan fingerprint density at radius 3 is 2.59 bits per heavy atom. The molecule has 1 aliphatic rings. The van der Waals surface area contributed by atoms with E-state index in [0.717, 1.165) is 10.9 Å². The summed E-state index contributed by atoms with van der Waals surface area (Å²) in [6.07, 6.45) is 0.819. The number of aliphatic hydroxyl groups excluding tert-OH is 1. The normalized spacial score (nSPS) is 35.1. The topological polar surface area (TPSA) is 29.5 Å². The Hall–Kier alpha value is 0.1000. The molecule has 1 saturated heterocycles. The van der Waals surface area contributed by atoms with Crippen LogP contribution in [0.4, 0.5) is 0 Å². The zero-order valence-electron chi connectivity index (χ0n) is 10.4. The van der Waals surface area contributed by atoms with Gasteiger partial charge in [-0.25, -0.2) is 0 Å². The summed E-state index contributed by atoms with van der Waals surface area (Å²) in [5, 5.41) is 12.4. The highest BCUT2D eigenvalue weighted by Gasteiger charge is 2.41. The molecule has 1 aliphatic heterocycles. The van der Waals surface area contributed by atoms with Crippen molar-refractivity contribution in [2.45, 2.75) is 45.5 Å². The van der Waals surface area contributed by atoms with E-state index in [1.165, 1.54) is 4.88 Å². The zero-order chi connectivity index (χ0) is 12.6. The summed E-state index contributed by atoms with van der Waals surface area (Å²) < 4.78 is 6.88. The summed E-state index contributed by atoms with van der Waals surface area (Å²) in [6.45, 7) is 6.33. The molecule has 0 aromatic carbocycles.